The lowest BCUT2D eigenvalue weighted by molar-refractivity contribution is 0.162. The van der Waals surface area contributed by atoms with Crippen molar-refractivity contribution >= 4 is 11.8 Å². The molecule has 0 radical (unpaired) electrons. The number of rotatable bonds is 3. The van der Waals surface area contributed by atoms with Crippen LogP contribution in [-0.2, 0) is 4.74 Å². The zero-order valence-electron chi connectivity index (χ0n) is 6.59. The molecule has 0 aromatic heterocycles. The minimum absolute atomic E-state index is 0.722. The molecule has 0 aromatic rings. The summed E-state index contributed by atoms with van der Waals surface area (Å²) in [5, 5.41) is 4.12. The summed E-state index contributed by atoms with van der Waals surface area (Å²) in [5.41, 5.74) is 0. The first kappa shape index (κ1) is 8.37. The highest BCUT2D eigenvalue weighted by Crippen LogP contribution is 2.20. The van der Waals surface area contributed by atoms with Crippen LogP contribution >= 0.6 is 11.8 Å². The van der Waals surface area contributed by atoms with Crippen LogP contribution in [0, 0.1) is 5.92 Å². The highest BCUT2D eigenvalue weighted by atomic mass is 32.2. The zero-order chi connectivity index (χ0) is 7.40. The lowest BCUT2D eigenvalue weighted by Gasteiger charge is -2.14. The lowest BCUT2D eigenvalue weighted by atomic mass is 10.1. The molecule has 0 amide bonds. The number of hydrogen-bond donors (Lipinski definition) is 1. The van der Waals surface area contributed by atoms with Gasteiger partial charge in [-0.2, -0.15) is 11.8 Å². The van der Waals surface area contributed by atoms with Gasteiger partial charge in [-0.25, -0.2) is 0 Å². The Labute approximate surface area is 66.7 Å². The van der Waals surface area contributed by atoms with Crippen molar-refractivity contribution in [1.82, 2.24) is 5.32 Å². The summed E-state index contributed by atoms with van der Waals surface area (Å²) in [6.45, 7) is 3.17. The van der Waals surface area contributed by atoms with Crippen LogP contribution in [0.1, 0.15) is 0 Å². The summed E-state index contributed by atoms with van der Waals surface area (Å²) in [7, 11) is 1.77. The average molecular weight is 161 g/mol. The molecule has 60 valence electrons. The molecule has 1 N–H and O–H groups in total. The molecule has 3 heteroatoms. The van der Waals surface area contributed by atoms with E-state index in [1.165, 1.54) is 0 Å². The molecular weight excluding hydrogens is 146 g/mol. The summed E-state index contributed by atoms with van der Waals surface area (Å²) in [6, 6.07) is 0. The molecule has 2 nitrogen and oxygen atoms in total. The number of methoxy groups -OCH3 is 1. The third-order valence-electron chi connectivity index (χ3n) is 1.96. The molecule has 0 bridgehead atoms. The minimum Gasteiger partial charge on any atom is -0.384 e. The van der Waals surface area contributed by atoms with Crippen LogP contribution in [0.3, 0.4) is 0 Å². The Balaban J connectivity index is 2.27. The van der Waals surface area contributed by atoms with Gasteiger partial charge in [0.1, 0.15) is 0 Å². The second-order valence-corrected chi connectivity index (χ2v) is 3.72. The molecule has 1 fully saturated rings. The molecule has 2 unspecified atom stereocenters. The predicted octanol–water partition coefficient (Wildman–Crippen LogP) is 0.584. The smallest absolute Gasteiger partial charge is 0.0513 e. The average Bonchev–Trinajstić information content (AvgIpc) is 2.36. The van der Waals surface area contributed by atoms with Gasteiger partial charge in [-0.1, -0.05) is 0 Å². The Morgan fingerprint density at radius 2 is 2.40 bits per heavy atom. The van der Waals surface area contributed by atoms with E-state index < -0.39 is 0 Å². The van der Waals surface area contributed by atoms with Gasteiger partial charge in [0.2, 0.25) is 0 Å². The van der Waals surface area contributed by atoms with E-state index in [0.29, 0.717) is 0 Å². The number of thioether (sulfide) groups is 1. The van der Waals surface area contributed by atoms with Gasteiger partial charge in [-0.3, -0.25) is 0 Å². The van der Waals surface area contributed by atoms with E-state index in [0.717, 1.165) is 30.9 Å². The van der Waals surface area contributed by atoms with E-state index in [-0.39, 0.29) is 0 Å². The molecule has 1 saturated heterocycles. The predicted molar refractivity (Wildman–Crippen MR) is 45.5 cm³/mol. The summed E-state index contributed by atoms with van der Waals surface area (Å²) >= 11 is 1.94. The van der Waals surface area contributed by atoms with Crippen LogP contribution in [0.2, 0.25) is 0 Å². The van der Waals surface area contributed by atoms with Crippen LogP contribution in [0.4, 0.5) is 0 Å². The molecule has 1 heterocycles. The molecule has 0 saturated carbocycles. The van der Waals surface area contributed by atoms with E-state index in [1.807, 2.05) is 11.8 Å². The van der Waals surface area contributed by atoms with Crippen molar-refractivity contribution < 1.29 is 4.74 Å². The van der Waals surface area contributed by atoms with E-state index >= 15 is 0 Å². The van der Waals surface area contributed by atoms with Crippen LogP contribution in [0.15, 0.2) is 0 Å². The minimum atomic E-state index is 0.722. The first-order valence-corrected chi connectivity index (χ1v) is 4.89. The summed E-state index contributed by atoms with van der Waals surface area (Å²) in [4.78, 5) is 0. The van der Waals surface area contributed by atoms with Crippen molar-refractivity contribution in [3.05, 3.63) is 0 Å². The molecule has 10 heavy (non-hydrogen) atoms. The second kappa shape index (κ2) is 4.21. The lowest BCUT2D eigenvalue weighted by Crippen LogP contribution is -2.19. The van der Waals surface area contributed by atoms with Crippen molar-refractivity contribution in [2.24, 2.45) is 5.92 Å². The fourth-order valence-electron chi connectivity index (χ4n) is 1.37. The second-order valence-electron chi connectivity index (χ2n) is 2.65. The van der Waals surface area contributed by atoms with E-state index in [2.05, 4.69) is 11.6 Å². The fraction of sp³-hybridized carbons (Fsp3) is 1.00. The SMILES string of the molecule is COCC1CNCC1SC. The fourth-order valence-corrected chi connectivity index (χ4v) is 2.21. The van der Waals surface area contributed by atoms with Crippen LogP contribution in [0.5, 0.6) is 0 Å². The molecular formula is C7H15NOS. The molecule has 0 aromatic carbocycles. The third-order valence-corrected chi connectivity index (χ3v) is 3.12. The van der Waals surface area contributed by atoms with E-state index in [9.17, 15) is 0 Å². The largest absolute Gasteiger partial charge is 0.384 e. The van der Waals surface area contributed by atoms with Crippen LogP contribution < -0.4 is 5.32 Å². The molecule has 0 aliphatic carbocycles. The maximum absolute atomic E-state index is 5.10. The number of nitrogens with one attached hydrogen (secondary N) is 1. The first-order chi connectivity index (χ1) is 4.88. The van der Waals surface area contributed by atoms with E-state index in [4.69, 9.17) is 4.74 Å². The highest BCUT2D eigenvalue weighted by molar-refractivity contribution is 7.99. The van der Waals surface area contributed by atoms with Gasteiger partial charge in [0, 0.05) is 31.4 Å². The summed E-state index contributed by atoms with van der Waals surface area (Å²) in [5.74, 6) is 0.722. The molecule has 0 spiro atoms. The maximum Gasteiger partial charge on any atom is 0.0513 e. The van der Waals surface area contributed by atoms with Crippen LogP contribution in [0.25, 0.3) is 0 Å². The Hall–Kier alpha value is 0.270. The molecule has 1 rings (SSSR count). The highest BCUT2D eigenvalue weighted by Gasteiger charge is 2.25. The monoisotopic (exact) mass is 161 g/mol. The Kier molecular flexibility index (Phi) is 3.52. The van der Waals surface area contributed by atoms with Gasteiger partial charge >= 0.3 is 0 Å². The quantitative estimate of drug-likeness (QED) is 0.654. The molecule has 1 aliphatic heterocycles. The van der Waals surface area contributed by atoms with Gasteiger partial charge in [0.25, 0.3) is 0 Å². The summed E-state index contributed by atoms with van der Waals surface area (Å²) < 4.78 is 5.10. The van der Waals surface area contributed by atoms with Gasteiger partial charge in [0.05, 0.1) is 6.61 Å². The third kappa shape index (κ3) is 1.87. The normalized spacial score (nSPS) is 33.0. The molecule has 1 aliphatic rings. The first-order valence-electron chi connectivity index (χ1n) is 3.61. The van der Waals surface area contributed by atoms with Gasteiger partial charge in [-0.05, 0) is 6.26 Å². The van der Waals surface area contributed by atoms with Gasteiger partial charge < -0.3 is 10.1 Å². The van der Waals surface area contributed by atoms with Gasteiger partial charge in [-0.15, -0.1) is 0 Å². The molecule has 2 atom stereocenters. The van der Waals surface area contributed by atoms with Crippen molar-refractivity contribution in [3.63, 3.8) is 0 Å². The van der Waals surface area contributed by atoms with Crippen molar-refractivity contribution in [3.8, 4) is 0 Å². The number of hydrogen-bond acceptors (Lipinski definition) is 3. The maximum atomic E-state index is 5.10. The zero-order valence-corrected chi connectivity index (χ0v) is 7.41. The van der Waals surface area contributed by atoms with Crippen molar-refractivity contribution in [2.45, 2.75) is 5.25 Å². The standard InChI is InChI=1S/C7H15NOS/c1-9-5-6-3-8-4-7(6)10-2/h6-8H,3-5H2,1-2H3. The van der Waals surface area contributed by atoms with E-state index in [1.54, 1.807) is 7.11 Å². The topological polar surface area (TPSA) is 21.3 Å². The Morgan fingerprint density at radius 3 is 3.00 bits per heavy atom. The van der Waals surface area contributed by atoms with Crippen molar-refractivity contribution in [2.75, 3.05) is 33.1 Å². The summed E-state index contributed by atoms with van der Waals surface area (Å²) in [6.07, 6.45) is 2.17. The Bertz CT molecular complexity index is 99.6. The van der Waals surface area contributed by atoms with Crippen molar-refractivity contribution in [1.29, 1.82) is 0 Å². The Morgan fingerprint density at radius 1 is 1.60 bits per heavy atom. The van der Waals surface area contributed by atoms with Gasteiger partial charge in [0.15, 0.2) is 0 Å². The number of ether oxygens (including phenoxy) is 1. The van der Waals surface area contributed by atoms with Crippen LogP contribution in [-0.4, -0.2) is 38.3 Å².